The van der Waals surface area contributed by atoms with Gasteiger partial charge in [0.25, 0.3) is 5.91 Å². The van der Waals surface area contributed by atoms with Crippen molar-refractivity contribution in [2.45, 2.75) is 19.8 Å². The van der Waals surface area contributed by atoms with Crippen molar-refractivity contribution in [3.8, 4) is 5.75 Å². The fraction of sp³-hybridized carbons (Fsp3) is 0.211. The molecule has 118 valence electrons. The van der Waals surface area contributed by atoms with Crippen molar-refractivity contribution in [1.29, 1.82) is 0 Å². The second-order valence-corrected chi connectivity index (χ2v) is 6.29. The Morgan fingerprint density at radius 2 is 1.96 bits per heavy atom. The van der Waals surface area contributed by atoms with Crippen LogP contribution in [0.15, 0.2) is 36.4 Å². The highest BCUT2D eigenvalue weighted by molar-refractivity contribution is 6.36. The predicted octanol–water partition coefficient (Wildman–Crippen LogP) is 4.96. The van der Waals surface area contributed by atoms with Gasteiger partial charge in [0.15, 0.2) is 0 Å². The van der Waals surface area contributed by atoms with Crippen molar-refractivity contribution >= 4 is 34.8 Å². The van der Waals surface area contributed by atoms with Gasteiger partial charge in [-0.3, -0.25) is 4.79 Å². The van der Waals surface area contributed by atoms with Crippen LogP contribution in [0.2, 0.25) is 5.02 Å². The molecule has 0 aromatic heterocycles. The third-order valence-electron chi connectivity index (χ3n) is 3.95. The van der Waals surface area contributed by atoms with E-state index in [-0.39, 0.29) is 5.91 Å². The number of hydrogen-bond donors (Lipinski definition) is 1. The SMILES string of the molecule is COc1ccc(/C=C2/C(=O)Nc3cc(Cl)ccc32)cc1C(C)C. The summed E-state index contributed by atoms with van der Waals surface area (Å²) in [6.07, 6.45) is 1.90. The molecule has 0 saturated heterocycles. The van der Waals surface area contributed by atoms with Gasteiger partial charge >= 0.3 is 0 Å². The van der Waals surface area contributed by atoms with Crippen LogP contribution in [0.1, 0.15) is 36.5 Å². The molecular formula is C19H18ClNO2. The van der Waals surface area contributed by atoms with Gasteiger partial charge in [-0.15, -0.1) is 0 Å². The summed E-state index contributed by atoms with van der Waals surface area (Å²) < 4.78 is 5.41. The van der Waals surface area contributed by atoms with Crippen LogP contribution in [0.4, 0.5) is 5.69 Å². The number of halogens is 1. The van der Waals surface area contributed by atoms with E-state index < -0.39 is 0 Å². The second kappa shape index (κ2) is 6.09. The molecule has 3 nitrogen and oxygen atoms in total. The van der Waals surface area contributed by atoms with Crippen molar-refractivity contribution in [2.24, 2.45) is 0 Å². The lowest BCUT2D eigenvalue weighted by Crippen LogP contribution is -2.03. The van der Waals surface area contributed by atoms with Gasteiger partial charge < -0.3 is 10.1 Å². The third kappa shape index (κ3) is 2.97. The van der Waals surface area contributed by atoms with Crippen molar-refractivity contribution in [1.82, 2.24) is 0 Å². The van der Waals surface area contributed by atoms with Crippen LogP contribution in [0, 0.1) is 0 Å². The van der Waals surface area contributed by atoms with E-state index in [0.29, 0.717) is 16.5 Å². The monoisotopic (exact) mass is 327 g/mol. The molecule has 2 aromatic rings. The summed E-state index contributed by atoms with van der Waals surface area (Å²) in [7, 11) is 1.67. The van der Waals surface area contributed by atoms with E-state index in [1.54, 1.807) is 19.2 Å². The Kier molecular flexibility index (Phi) is 4.14. The lowest BCUT2D eigenvalue weighted by atomic mass is 9.97. The maximum absolute atomic E-state index is 12.2. The summed E-state index contributed by atoms with van der Waals surface area (Å²) in [6.45, 7) is 4.24. The number of fused-ring (bicyclic) bond motifs is 1. The van der Waals surface area contributed by atoms with Crippen LogP contribution >= 0.6 is 11.6 Å². The minimum atomic E-state index is -0.107. The number of amides is 1. The molecule has 0 bridgehead atoms. The molecule has 1 aliphatic heterocycles. The summed E-state index contributed by atoms with van der Waals surface area (Å²) in [5.41, 5.74) is 4.38. The van der Waals surface area contributed by atoms with E-state index in [1.807, 2.05) is 24.3 Å². The zero-order valence-corrected chi connectivity index (χ0v) is 14.1. The van der Waals surface area contributed by atoms with Crippen molar-refractivity contribution in [3.05, 3.63) is 58.1 Å². The Balaban J connectivity index is 2.06. The lowest BCUT2D eigenvalue weighted by molar-refractivity contribution is -0.110. The number of rotatable bonds is 3. The molecule has 0 fully saturated rings. The van der Waals surface area contributed by atoms with Gasteiger partial charge in [0.1, 0.15) is 5.75 Å². The number of carbonyl (C=O) groups is 1. The van der Waals surface area contributed by atoms with Crippen LogP contribution in [0.25, 0.3) is 11.6 Å². The van der Waals surface area contributed by atoms with Gasteiger partial charge in [0, 0.05) is 16.2 Å². The highest BCUT2D eigenvalue weighted by Gasteiger charge is 2.24. The quantitative estimate of drug-likeness (QED) is 0.809. The van der Waals surface area contributed by atoms with Gasteiger partial charge in [-0.2, -0.15) is 0 Å². The first-order valence-corrected chi connectivity index (χ1v) is 7.88. The topological polar surface area (TPSA) is 38.3 Å². The number of hydrogen-bond acceptors (Lipinski definition) is 2. The van der Waals surface area contributed by atoms with Gasteiger partial charge in [-0.05, 0) is 47.4 Å². The molecule has 1 aliphatic rings. The second-order valence-electron chi connectivity index (χ2n) is 5.86. The number of ether oxygens (including phenoxy) is 1. The number of benzene rings is 2. The largest absolute Gasteiger partial charge is 0.496 e. The normalized spacial score (nSPS) is 15.0. The average Bonchev–Trinajstić information content (AvgIpc) is 2.82. The highest BCUT2D eigenvalue weighted by Crippen LogP contribution is 2.36. The zero-order chi connectivity index (χ0) is 16.6. The number of carbonyl (C=O) groups excluding carboxylic acids is 1. The predicted molar refractivity (Wildman–Crippen MR) is 95.0 cm³/mol. The third-order valence-corrected chi connectivity index (χ3v) is 4.19. The van der Waals surface area contributed by atoms with E-state index >= 15 is 0 Å². The Bertz CT molecular complexity index is 809. The molecule has 2 aromatic carbocycles. The lowest BCUT2D eigenvalue weighted by Gasteiger charge is -2.12. The van der Waals surface area contributed by atoms with Crippen LogP contribution in [-0.4, -0.2) is 13.0 Å². The Morgan fingerprint density at radius 1 is 1.17 bits per heavy atom. The van der Waals surface area contributed by atoms with Crippen molar-refractivity contribution in [2.75, 3.05) is 12.4 Å². The first-order chi connectivity index (χ1) is 11.0. The maximum Gasteiger partial charge on any atom is 0.256 e. The van der Waals surface area contributed by atoms with Crippen molar-refractivity contribution in [3.63, 3.8) is 0 Å². The Labute approximate surface area is 140 Å². The smallest absolute Gasteiger partial charge is 0.256 e. The minimum absolute atomic E-state index is 0.107. The summed E-state index contributed by atoms with van der Waals surface area (Å²) in [5.74, 6) is 1.10. The number of methoxy groups -OCH3 is 1. The fourth-order valence-corrected chi connectivity index (χ4v) is 2.94. The summed E-state index contributed by atoms with van der Waals surface area (Å²) in [6, 6.07) is 11.4. The van der Waals surface area contributed by atoms with Gasteiger partial charge in [0.05, 0.1) is 12.8 Å². The molecule has 4 heteroatoms. The minimum Gasteiger partial charge on any atom is -0.496 e. The van der Waals surface area contributed by atoms with E-state index in [4.69, 9.17) is 16.3 Å². The summed E-state index contributed by atoms with van der Waals surface area (Å²) in [4.78, 5) is 12.2. The molecule has 0 spiro atoms. The number of nitrogens with one attached hydrogen (secondary N) is 1. The molecule has 0 radical (unpaired) electrons. The molecule has 1 amide bonds. The molecule has 1 N–H and O–H groups in total. The summed E-state index contributed by atoms with van der Waals surface area (Å²) >= 11 is 5.98. The molecule has 0 aliphatic carbocycles. The number of anilines is 1. The molecule has 0 saturated carbocycles. The standard InChI is InChI=1S/C19H18ClNO2/c1-11(2)15-8-12(4-7-18(15)23-3)9-16-14-6-5-13(20)10-17(14)21-19(16)22/h4-11H,1-3H3,(H,21,22)/b16-9+. The van der Waals surface area contributed by atoms with Gasteiger partial charge in [-0.1, -0.05) is 37.6 Å². The molecule has 3 rings (SSSR count). The van der Waals surface area contributed by atoms with E-state index in [9.17, 15) is 4.79 Å². The van der Waals surface area contributed by atoms with Crippen molar-refractivity contribution < 1.29 is 9.53 Å². The van der Waals surface area contributed by atoms with Crippen LogP contribution < -0.4 is 10.1 Å². The molecule has 23 heavy (non-hydrogen) atoms. The molecular weight excluding hydrogens is 310 g/mol. The van der Waals surface area contributed by atoms with Crippen LogP contribution in [-0.2, 0) is 4.79 Å². The Morgan fingerprint density at radius 3 is 2.65 bits per heavy atom. The molecule has 0 atom stereocenters. The van der Waals surface area contributed by atoms with Gasteiger partial charge in [-0.25, -0.2) is 0 Å². The van der Waals surface area contributed by atoms with E-state index in [1.165, 1.54) is 0 Å². The molecule has 1 heterocycles. The first kappa shape index (κ1) is 15.6. The van der Waals surface area contributed by atoms with E-state index in [2.05, 4.69) is 25.2 Å². The maximum atomic E-state index is 12.2. The molecule has 0 unspecified atom stereocenters. The van der Waals surface area contributed by atoms with Gasteiger partial charge in [0.2, 0.25) is 0 Å². The Hall–Kier alpha value is -2.26. The van der Waals surface area contributed by atoms with E-state index in [0.717, 1.165) is 28.1 Å². The average molecular weight is 328 g/mol. The van der Waals surface area contributed by atoms with Crippen LogP contribution in [0.5, 0.6) is 5.75 Å². The highest BCUT2D eigenvalue weighted by atomic mass is 35.5. The van der Waals surface area contributed by atoms with Crippen LogP contribution in [0.3, 0.4) is 0 Å². The zero-order valence-electron chi connectivity index (χ0n) is 13.3. The summed E-state index contributed by atoms with van der Waals surface area (Å²) in [5, 5.41) is 3.46. The fourth-order valence-electron chi connectivity index (χ4n) is 2.77. The first-order valence-electron chi connectivity index (χ1n) is 7.50.